The fraction of sp³-hybridized carbons (Fsp3) is 0.222. The average molecular weight is 267 g/mol. The van der Waals surface area contributed by atoms with E-state index in [0.717, 1.165) is 12.3 Å². The summed E-state index contributed by atoms with van der Waals surface area (Å²) >= 11 is 0. The van der Waals surface area contributed by atoms with E-state index in [-0.39, 0.29) is 0 Å². The van der Waals surface area contributed by atoms with E-state index in [9.17, 15) is 26.4 Å². The molecule has 0 unspecified atom stereocenters. The van der Waals surface area contributed by atoms with Crippen LogP contribution in [0.15, 0.2) is 23.1 Å². The number of carbonyl (C=O) groups is 1. The lowest BCUT2D eigenvalue weighted by atomic mass is 10.1. The molecule has 1 aromatic carbocycles. The number of alkyl halides is 3. The van der Waals surface area contributed by atoms with Gasteiger partial charge in [0.2, 0.25) is 5.91 Å². The van der Waals surface area contributed by atoms with Gasteiger partial charge in [0, 0.05) is 6.26 Å². The van der Waals surface area contributed by atoms with Crippen molar-refractivity contribution in [2.75, 3.05) is 6.26 Å². The SMILES string of the molecule is CS(=O)(=O)c1ccc(C(F)(F)F)cc1C(N)=O. The summed E-state index contributed by atoms with van der Waals surface area (Å²) in [6.45, 7) is 0. The Bertz CT molecular complexity index is 563. The molecule has 0 saturated carbocycles. The van der Waals surface area contributed by atoms with Gasteiger partial charge in [-0.3, -0.25) is 4.79 Å². The van der Waals surface area contributed by atoms with E-state index >= 15 is 0 Å². The third kappa shape index (κ3) is 2.96. The van der Waals surface area contributed by atoms with Crippen LogP contribution in [0.3, 0.4) is 0 Å². The molecular weight excluding hydrogens is 259 g/mol. The minimum absolute atomic E-state index is 0.429. The van der Waals surface area contributed by atoms with E-state index in [1.165, 1.54) is 0 Å². The van der Waals surface area contributed by atoms with Crippen molar-refractivity contribution in [1.82, 2.24) is 0 Å². The molecule has 94 valence electrons. The van der Waals surface area contributed by atoms with Crippen molar-refractivity contribution in [3.63, 3.8) is 0 Å². The molecule has 0 bridgehead atoms. The van der Waals surface area contributed by atoms with Gasteiger partial charge in [-0.25, -0.2) is 8.42 Å². The number of carbonyl (C=O) groups excluding carboxylic acids is 1. The van der Waals surface area contributed by atoms with Crippen LogP contribution >= 0.6 is 0 Å². The predicted octanol–water partition coefficient (Wildman–Crippen LogP) is 1.21. The topological polar surface area (TPSA) is 77.2 Å². The zero-order chi connectivity index (χ0) is 13.4. The molecule has 4 nitrogen and oxygen atoms in total. The van der Waals surface area contributed by atoms with Crippen molar-refractivity contribution >= 4 is 15.7 Å². The largest absolute Gasteiger partial charge is 0.416 e. The molecule has 0 heterocycles. The number of hydrogen-bond donors (Lipinski definition) is 1. The lowest BCUT2D eigenvalue weighted by Crippen LogP contribution is -2.18. The molecule has 0 aliphatic carbocycles. The predicted molar refractivity (Wildman–Crippen MR) is 53.1 cm³/mol. The number of amides is 1. The van der Waals surface area contributed by atoms with Crippen molar-refractivity contribution in [3.05, 3.63) is 29.3 Å². The Morgan fingerprint density at radius 1 is 1.29 bits per heavy atom. The van der Waals surface area contributed by atoms with Crippen molar-refractivity contribution in [2.24, 2.45) is 5.73 Å². The van der Waals surface area contributed by atoms with E-state index in [1.807, 2.05) is 0 Å². The second-order valence-corrected chi connectivity index (χ2v) is 5.33. The summed E-state index contributed by atoms with van der Waals surface area (Å²) in [7, 11) is -3.81. The summed E-state index contributed by atoms with van der Waals surface area (Å²) in [6.07, 6.45) is -3.89. The molecule has 0 spiro atoms. The first kappa shape index (κ1) is 13.5. The molecule has 8 heteroatoms. The van der Waals surface area contributed by atoms with Crippen molar-refractivity contribution in [2.45, 2.75) is 11.1 Å². The third-order valence-corrected chi connectivity index (χ3v) is 3.13. The summed E-state index contributed by atoms with van der Waals surface area (Å²) in [5.41, 5.74) is 3.06. The van der Waals surface area contributed by atoms with Gasteiger partial charge >= 0.3 is 6.18 Å². The molecule has 17 heavy (non-hydrogen) atoms. The molecule has 0 radical (unpaired) electrons. The summed E-state index contributed by atoms with van der Waals surface area (Å²) in [5, 5.41) is 0. The van der Waals surface area contributed by atoms with Gasteiger partial charge in [-0.1, -0.05) is 0 Å². The number of hydrogen-bond acceptors (Lipinski definition) is 3. The highest BCUT2D eigenvalue weighted by Crippen LogP contribution is 2.31. The van der Waals surface area contributed by atoms with E-state index in [4.69, 9.17) is 5.73 Å². The normalized spacial score (nSPS) is 12.5. The number of sulfone groups is 1. The fourth-order valence-electron chi connectivity index (χ4n) is 1.22. The first-order chi connectivity index (χ1) is 7.53. The van der Waals surface area contributed by atoms with Crippen LogP contribution in [0.2, 0.25) is 0 Å². The van der Waals surface area contributed by atoms with Crippen molar-refractivity contribution < 1.29 is 26.4 Å². The zero-order valence-corrected chi connectivity index (χ0v) is 9.39. The number of benzene rings is 1. The van der Waals surface area contributed by atoms with Crippen LogP contribution in [-0.2, 0) is 16.0 Å². The van der Waals surface area contributed by atoms with E-state index < -0.39 is 37.9 Å². The quantitative estimate of drug-likeness (QED) is 0.874. The van der Waals surface area contributed by atoms with Crippen LogP contribution in [0.1, 0.15) is 15.9 Å². The zero-order valence-electron chi connectivity index (χ0n) is 8.58. The third-order valence-electron chi connectivity index (χ3n) is 1.97. The van der Waals surface area contributed by atoms with Gasteiger partial charge in [-0.05, 0) is 18.2 Å². The van der Waals surface area contributed by atoms with Gasteiger partial charge in [0.05, 0.1) is 16.0 Å². The van der Waals surface area contributed by atoms with Gasteiger partial charge in [0.1, 0.15) is 0 Å². The first-order valence-corrected chi connectivity index (χ1v) is 6.13. The highest BCUT2D eigenvalue weighted by Gasteiger charge is 2.32. The van der Waals surface area contributed by atoms with E-state index in [1.54, 1.807) is 0 Å². The fourth-order valence-corrected chi connectivity index (χ4v) is 2.10. The van der Waals surface area contributed by atoms with Crippen LogP contribution in [0.4, 0.5) is 13.2 Å². The molecule has 0 aliphatic rings. The summed E-state index contributed by atoms with van der Waals surface area (Å²) in [5.74, 6) is -1.23. The standard InChI is InChI=1S/C9H8F3NO3S/c1-17(15,16)7-3-2-5(9(10,11)12)4-6(7)8(13)14/h2-4H,1H3,(H2,13,14). The number of halogens is 3. The Morgan fingerprint density at radius 2 is 1.82 bits per heavy atom. The second-order valence-electron chi connectivity index (χ2n) is 3.35. The Hall–Kier alpha value is -1.57. The minimum Gasteiger partial charge on any atom is -0.366 e. The van der Waals surface area contributed by atoms with E-state index in [0.29, 0.717) is 12.1 Å². The van der Waals surface area contributed by atoms with Crippen LogP contribution < -0.4 is 5.73 Å². The number of nitrogens with two attached hydrogens (primary N) is 1. The van der Waals surface area contributed by atoms with Crippen LogP contribution in [0.25, 0.3) is 0 Å². The molecule has 0 aliphatic heterocycles. The van der Waals surface area contributed by atoms with E-state index in [2.05, 4.69) is 0 Å². The average Bonchev–Trinajstić information content (AvgIpc) is 2.14. The molecule has 0 aromatic heterocycles. The highest BCUT2D eigenvalue weighted by molar-refractivity contribution is 7.90. The summed E-state index contributed by atoms with van der Waals surface area (Å²) in [6, 6.07) is 1.74. The second kappa shape index (κ2) is 4.02. The highest BCUT2D eigenvalue weighted by atomic mass is 32.2. The lowest BCUT2D eigenvalue weighted by molar-refractivity contribution is -0.137. The van der Waals surface area contributed by atoms with Crippen LogP contribution in [0, 0.1) is 0 Å². The molecule has 0 atom stereocenters. The Labute approximate surface area is 95.1 Å². The van der Waals surface area contributed by atoms with Gasteiger partial charge in [0.25, 0.3) is 0 Å². The molecule has 1 rings (SSSR count). The smallest absolute Gasteiger partial charge is 0.366 e. The maximum absolute atomic E-state index is 12.4. The number of rotatable bonds is 2. The Balaban J connectivity index is 3.55. The Morgan fingerprint density at radius 3 is 2.18 bits per heavy atom. The van der Waals surface area contributed by atoms with Gasteiger partial charge < -0.3 is 5.73 Å². The molecule has 2 N–H and O–H groups in total. The molecular formula is C9H8F3NO3S. The van der Waals surface area contributed by atoms with Gasteiger partial charge in [0.15, 0.2) is 9.84 Å². The monoisotopic (exact) mass is 267 g/mol. The van der Waals surface area contributed by atoms with Crippen LogP contribution in [-0.4, -0.2) is 20.6 Å². The maximum Gasteiger partial charge on any atom is 0.416 e. The maximum atomic E-state index is 12.4. The lowest BCUT2D eigenvalue weighted by Gasteiger charge is -2.10. The minimum atomic E-state index is -4.67. The van der Waals surface area contributed by atoms with Gasteiger partial charge in [-0.15, -0.1) is 0 Å². The summed E-state index contributed by atoms with van der Waals surface area (Å²) in [4.78, 5) is 10.4. The summed E-state index contributed by atoms with van der Waals surface area (Å²) < 4.78 is 59.5. The Kier molecular flexibility index (Phi) is 3.19. The van der Waals surface area contributed by atoms with Crippen molar-refractivity contribution in [1.29, 1.82) is 0 Å². The first-order valence-electron chi connectivity index (χ1n) is 4.24. The molecule has 0 saturated heterocycles. The molecule has 1 aromatic rings. The van der Waals surface area contributed by atoms with Crippen LogP contribution in [0.5, 0.6) is 0 Å². The van der Waals surface area contributed by atoms with Crippen molar-refractivity contribution in [3.8, 4) is 0 Å². The molecule has 1 amide bonds. The molecule has 0 fully saturated rings. The van der Waals surface area contributed by atoms with Gasteiger partial charge in [-0.2, -0.15) is 13.2 Å². The number of primary amides is 1.